The van der Waals surface area contributed by atoms with E-state index in [9.17, 15) is 5.26 Å². The van der Waals surface area contributed by atoms with Gasteiger partial charge >= 0.3 is 0 Å². The van der Waals surface area contributed by atoms with Crippen LogP contribution in [0.15, 0.2) is 73.3 Å². The first kappa shape index (κ1) is 18.2. The molecule has 2 aliphatic heterocycles. The van der Waals surface area contributed by atoms with E-state index < -0.39 is 0 Å². The maximum atomic E-state index is 9.25. The Bertz CT molecular complexity index is 1130. The van der Waals surface area contributed by atoms with Crippen LogP contribution < -0.4 is 15.1 Å². The van der Waals surface area contributed by atoms with Gasteiger partial charge < -0.3 is 15.1 Å². The number of hydrogen-bond acceptors (Lipinski definition) is 6. The van der Waals surface area contributed by atoms with Crippen LogP contribution in [0.5, 0.6) is 0 Å². The lowest BCUT2D eigenvalue weighted by Crippen LogP contribution is -2.53. The number of benzene rings is 1. The van der Waals surface area contributed by atoms with Crippen molar-refractivity contribution in [3.63, 3.8) is 0 Å². The normalized spacial score (nSPS) is 17.1. The molecule has 6 heteroatoms. The van der Waals surface area contributed by atoms with Gasteiger partial charge in [0.25, 0.3) is 0 Å². The molecule has 0 aliphatic carbocycles. The summed E-state index contributed by atoms with van der Waals surface area (Å²) in [5.74, 6) is 1.71. The second-order valence-corrected chi connectivity index (χ2v) is 7.66. The fourth-order valence-electron chi connectivity index (χ4n) is 4.34. The summed E-state index contributed by atoms with van der Waals surface area (Å²) in [7, 11) is 0. The van der Waals surface area contributed by atoms with E-state index in [0.29, 0.717) is 11.6 Å². The summed E-state index contributed by atoms with van der Waals surface area (Å²) in [4.78, 5) is 13.9. The SMILES string of the molecule is C=C(Nc1cccnc1)N1c2nc(-c3cccc(C#N)c3)ccc2N2CCC[C@@H]1C2. The Balaban J connectivity index is 1.56. The van der Waals surface area contributed by atoms with Crippen LogP contribution in [-0.2, 0) is 0 Å². The second-order valence-electron chi connectivity index (χ2n) is 7.66. The number of piperidine rings is 1. The van der Waals surface area contributed by atoms with E-state index in [4.69, 9.17) is 4.98 Å². The van der Waals surface area contributed by atoms with Crippen LogP contribution in [0.25, 0.3) is 11.3 Å². The molecule has 0 unspecified atom stereocenters. The fourth-order valence-corrected chi connectivity index (χ4v) is 4.34. The Morgan fingerprint density at radius 3 is 2.97 bits per heavy atom. The molecule has 1 aromatic carbocycles. The molecule has 1 atom stereocenters. The summed E-state index contributed by atoms with van der Waals surface area (Å²) in [6.45, 7) is 6.35. The quantitative estimate of drug-likeness (QED) is 0.708. The molecule has 0 amide bonds. The zero-order valence-corrected chi connectivity index (χ0v) is 16.6. The van der Waals surface area contributed by atoms with E-state index in [1.807, 2.05) is 42.5 Å². The van der Waals surface area contributed by atoms with Crippen LogP contribution in [0.1, 0.15) is 18.4 Å². The maximum Gasteiger partial charge on any atom is 0.158 e. The van der Waals surface area contributed by atoms with Gasteiger partial charge in [0.1, 0.15) is 5.82 Å². The maximum absolute atomic E-state index is 9.25. The third-order valence-electron chi connectivity index (χ3n) is 5.71. The van der Waals surface area contributed by atoms with Gasteiger partial charge in [0, 0.05) is 24.8 Å². The third-order valence-corrected chi connectivity index (χ3v) is 5.71. The molecular weight excluding hydrogens is 372 g/mol. The highest BCUT2D eigenvalue weighted by molar-refractivity contribution is 5.78. The van der Waals surface area contributed by atoms with E-state index >= 15 is 0 Å². The van der Waals surface area contributed by atoms with Crippen LogP contribution >= 0.6 is 0 Å². The largest absolute Gasteiger partial charge is 0.366 e. The van der Waals surface area contributed by atoms with Gasteiger partial charge in [-0.25, -0.2) is 4.98 Å². The summed E-state index contributed by atoms with van der Waals surface area (Å²) in [6.07, 6.45) is 5.79. The first-order valence-corrected chi connectivity index (χ1v) is 10.1. The minimum Gasteiger partial charge on any atom is -0.366 e. The minimum atomic E-state index is 0.316. The molecule has 5 rings (SSSR count). The fraction of sp³-hybridized carbons (Fsp3) is 0.208. The van der Waals surface area contributed by atoms with Gasteiger partial charge in [-0.2, -0.15) is 5.26 Å². The van der Waals surface area contributed by atoms with Gasteiger partial charge in [0.15, 0.2) is 5.82 Å². The first-order chi connectivity index (χ1) is 14.7. The molecular formula is C24H22N6. The Morgan fingerprint density at radius 2 is 2.13 bits per heavy atom. The van der Waals surface area contributed by atoms with Gasteiger partial charge in [0.05, 0.1) is 40.9 Å². The van der Waals surface area contributed by atoms with Crippen LogP contribution in [0.4, 0.5) is 17.2 Å². The van der Waals surface area contributed by atoms with Crippen molar-refractivity contribution < 1.29 is 0 Å². The van der Waals surface area contributed by atoms with Crippen LogP contribution in [0.3, 0.4) is 0 Å². The highest BCUT2D eigenvalue weighted by Gasteiger charge is 2.36. The number of nitrogens with one attached hydrogen (secondary N) is 1. The molecule has 3 aromatic rings. The molecule has 2 bridgehead atoms. The summed E-state index contributed by atoms with van der Waals surface area (Å²) in [6, 6.07) is 18.2. The molecule has 2 aromatic heterocycles. The monoisotopic (exact) mass is 394 g/mol. The molecule has 0 radical (unpaired) electrons. The molecule has 1 fully saturated rings. The van der Waals surface area contributed by atoms with Gasteiger partial charge in [0.2, 0.25) is 0 Å². The van der Waals surface area contributed by atoms with Gasteiger partial charge in [-0.3, -0.25) is 4.98 Å². The van der Waals surface area contributed by atoms with Crippen molar-refractivity contribution in [2.45, 2.75) is 18.9 Å². The molecule has 2 aliphatic rings. The molecule has 1 N–H and O–H groups in total. The lowest BCUT2D eigenvalue weighted by atomic mass is 9.99. The summed E-state index contributed by atoms with van der Waals surface area (Å²) in [5, 5.41) is 12.7. The lowest BCUT2D eigenvalue weighted by molar-refractivity contribution is 0.472. The number of anilines is 3. The van der Waals surface area contributed by atoms with E-state index in [-0.39, 0.29) is 0 Å². The molecule has 1 saturated heterocycles. The van der Waals surface area contributed by atoms with Crippen molar-refractivity contribution in [3.8, 4) is 17.3 Å². The topological polar surface area (TPSA) is 68.1 Å². The van der Waals surface area contributed by atoms with Gasteiger partial charge in [-0.05, 0) is 49.2 Å². The van der Waals surface area contributed by atoms with Crippen LogP contribution in [0, 0.1) is 11.3 Å². The average molecular weight is 394 g/mol. The minimum absolute atomic E-state index is 0.316. The highest BCUT2D eigenvalue weighted by atomic mass is 15.4. The van der Waals surface area contributed by atoms with Crippen molar-refractivity contribution in [1.82, 2.24) is 9.97 Å². The number of hydrogen-bond donors (Lipinski definition) is 1. The van der Waals surface area contributed by atoms with E-state index in [1.165, 1.54) is 0 Å². The predicted octanol–water partition coefficient (Wildman–Crippen LogP) is 4.39. The zero-order chi connectivity index (χ0) is 20.5. The molecule has 148 valence electrons. The zero-order valence-electron chi connectivity index (χ0n) is 16.6. The summed E-state index contributed by atoms with van der Waals surface area (Å²) < 4.78 is 0. The summed E-state index contributed by atoms with van der Waals surface area (Å²) in [5.41, 5.74) is 4.45. The Hall–Kier alpha value is -3.85. The second kappa shape index (κ2) is 7.53. The number of nitriles is 1. The molecule has 0 saturated carbocycles. The van der Waals surface area contributed by atoms with Gasteiger partial charge in [-0.15, -0.1) is 0 Å². The number of rotatable bonds is 4. The Kier molecular flexibility index (Phi) is 4.56. The van der Waals surface area contributed by atoms with Crippen molar-refractivity contribution in [2.75, 3.05) is 28.2 Å². The molecule has 0 spiro atoms. The van der Waals surface area contributed by atoms with E-state index in [0.717, 1.165) is 60.2 Å². The molecule has 30 heavy (non-hydrogen) atoms. The van der Waals surface area contributed by atoms with Crippen molar-refractivity contribution in [3.05, 3.63) is 78.9 Å². The number of pyridine rings is 2. The molecule has 4 heterocycles. The Morgan fingerprint density at radius 1 is 1.20 bits per heavy atom. The standard InChI is InChI=1S/C24H22N6/c1-17(27-20-7-3-11-26-15-20)30-21-8-4-12-29(16-21)23-10-9-22(28-24(23)30)19-6-2-5-18(13-19)14-25/h2-3,5-7,9-11,13,15,21,27H,1,4,8,12,16H2/t21-/m1/s1. The Labute approximate surface area is 176 Å². The number of aromatic nitrogens is 2. The highest BCUT2D eigenvalue weighted by Crippen LogP contribution is 2.41. The lowest BCUT2D eigenvalue weighted by Gasteiger charge is -2.47. The van der Waals surface area contributed by atoms with Crippen molar-refractivity contribution in [2.24, 2.45) is 0 Å². The predicted molar refractivity (Wildman–Crippen MR) is 119 cm³/mol. The average Bonchev–Trinajstić information content (AvgIpc) is 2.80. The van der Waals surface area contributed by atoms with Gasteiger partial charge in [-0.1, -0.05) is 18.7 Å². The first-order valence-electron chi connectivity index (χ1n) is 10.1. The van der Waals surface area contributed by atoms with E-state index in [2.05, 4.69) is 38.8 Å². The van der Waals surface area contributed by atoms with Crippen LogP contribution in [0.2, 0.25) is 0 Å². The van der Waals surface area contributed by atoms with E-state index in [1.54, 1.807) is 12.4 Å². The number of fused-ring (bicyclic) bond motifs is 4. The van der Waals surface area contributed by atoms with Crippen LogP contribution in [-0.4, -0.2) is 29.1 Å². The summed E-state index contributed by atoms with van der Waals surface area (Å²) >= 11 is 0. The number of nitrogens with zero attached hydrogens (tertiary/aromatic N) is 5. The molecule has 6 nitrogen and oxygen atoms in total. The third kappa shape index (κ3) is 3.25. The van der Waals surface area contributed by atoms with Crippen molar-refractivity contribution >= 4 is 17.2 Å². The van der Waals surface area contributed by atoms with Crippen molar-refractivity contribution in [1.29, 1.82) is 5.26 Å². The smallest absolute Gasteiger partial charge is 0.158 e.